The Morgan fingerprint density at radius 2 is 1.97 bits per heavy atom. The lowest BCUT2D eigenvalue weighted by Gasteiger charge is -2.11. The summed E-state index contributed by atoms with van der Waals surface area (Å²) >= 11 is 0. The van der Waals surface area contributed by atoms with Crippen LogP contribution in [-0.2, 0) is 16.1 Å². The van der Waals surface area contributed by atoms with Crippen LogP contribution in [0.25, 0.3) is 11.0 Å². The van der Waals surface area contributed by atoms with Crippen molar-refractivity contribution in [3.8, 4) is 0 Å². The van der Waals surface area contributed by atoms with Crippen LogP contribution in [-0.4, -0.2) is 49.2 Å². The molecule has 1 aliphatic carbocycles. The van der Waals surface area contributed by atoms with Crippen molar-refractivity contribution in [1.29, 1.82) is 0 Å². The molecule has 158 valence electrons. The molecule has 3 N–H and O–H groups in total. The van der Waals surface area contributed by atoms with E-state index in [1.165, 1.54) is 0 Å². The Hall–Kier alpha value is -3.36. The fourth-order valence-corrected chi connectivity index (χ4v) is 3.12. The van der Waals surface area contributed by atoms with Crippen molar-refractivity contribution in [2.24, 2.45) is 0 Å². The standard InChI is InChI=1S/C22H25N3O5/c1-25(2)14-18-17-8-3-4-9-19(17)30-20(18)22(27)23-12-13-29-16-7-5-6-15(10-11-16)21(26)24-28/h3-4,6-11,28H,5,12-14H2,1-2H3,(H,23,27)(H,24,26). The zero-order valence-electron chi connectivity index (χ0n) is 17.0. The summed E-state index contributed by atoms with van der Waals surface area (Å²) in [5, 5.41) is 12.5. The molecule has 0 saturated heterocycles. The van der Waals surface area contributed by atoms with Gasteiger partial charge in [0.05, 0.1) is 6.54 Å². The summed E-state index contributed by atoms with van der Waals surface area (Å²) in [6, 6.07) is 7.59. The fourth-order valence-electron chi connectivity index (χ4n) is 3.12. The molecule has 0 bridgehead atoms. The lowest BCUT2D eigenvalue weighted by molar-refractivity contribution is -0.124. The minimum absolute atomic E-state index is 0.257. The number of hydroxylamine groups is 1. The number of para-hydroxylation sites is 1. The van der Waals surface area contributed by atoms with Crippen LogP contribution in [0.15, 0.2) is 64.3 Å². The number of carbonyl (C=O) groups is 2. The number of nitrogens with one attached hydrogen (secondary N) is 2. The van der Waals surface area contributed by atoms with E-state index in [-0.39, 0.29) is 12.5 Å². The first kappa shape index (κ1) is 21.4. The van der Waals surface area contributed by atoms with Crippen molar-refractivity contribution in [3.05, 3.63) is 71.2 Å². The second-order valence-electron chi connectivity index (χ2n) is 7.02. The van der Waals surface area contributed by atoms with E-state index in [9.17, 15) is 9.59 Å². The molecule has 2 aromatic rings. The van der Waals surface area contributed by atoms with E-state index in [1.807, 2.05) is 49.3 Å². The molecule has 0 radical (unpaired) electrons. The van der Waals surface area contributed by atoms with E-state index in [0.717, 1.165) is 10.9 Å². The first-order chi connectivity index (χ1) is 14.5. The maximum absolute atomic E-state index is 12.7. The van der Waals surface area contributed by atoms with Gasteiger partial charge in [-0.1, -0.05) is 24.3 Å². The molecule has 1 aromatic heterocycles. The lowest BCUT2D eigenvalue weighted by atomic mass is 10.1. The highest BCUT2D eigenvalue weighted by atomic mass is 16.5. The Labute approximate surface area is 174 Å². The molecule has 8 nitrogen and oxygen atoms in total. The van der Waals surface area contributed by atoms with Gasteiger partial charge >= 0.3 is 0 Å². The van der Waals surface area contributed by atoms with Gasteiger partial charge in [0, 0.05) is 23.1 Å². The normalized spacial score (nSPS) is 13.6. The number of allylic oxidation sites excluding steroid dienone is 3. The Morgan fingerprint density at radius 3 is 2.73 bits per heavy atom. The van der Waals surface area contributed by atoms with Gasteiger partial charge in [-0.05, 0) is 44.8 Å². The molecule has 0 atom stereocenters. The van der Waals surface area contributed by atoms with Crippen LogP contribution in [0.4, 0.5) is 0 Å². The van der Waals surface area contributed by atoms with Gasteiger partial charge in [0.2, 0.25) is 0 Å². The highest BCUT2D eigenvalue weighted by Crippen LogP contribution is 2.26. The topological polar surface area (TPSA) is 104 Å². The summed E-state index contributed by atoms with van der Waals surface area (Å²) in [6.45, 7) is 1.14. The quantitative estimate of drug-likeness (QED) is 0.350. The molecule has 1 heterocycles. The van der Waals surface area contributed by atoms with Crippen LogP contribution < -0.4 is 10.8 Å². The van der Waals surface area contributed by atoms with Crippen molar-refractivity contribution in [2.45, 2.75) is 13.0 Å². The fraction of sp³-hybridized carbons (Fsp3) is 0.273. The number of furan rings is 1. The van der Waals surface area contributed by atoms with Gasteiger partial charge in [-0.15, -0.1) is 0 Å². The number of fused-ring (bicyclic) bond motifs is 1. The van der Waals surface area contributed by atoms with Crippen molar-refractivity contribution in [3.63, 3.8) is 0 Å². The summed E-state index contributed by atoms with van der Waals surface area (Å²) in [5.41, 5.74) is 3.48. The van der Waals surface area contributed by atoms with Gasteiger partial charge in [0.15, 0.2) is 5.76 Å². The zero-order valence-corrected chi connectivity index (χ0v) is 17.0. The first-order valence-corrected chi connectivity index (χ1v) is 9.58. The van der Waals surface area contributed by atoms with E-state index in [1.54, 1.807) is 23.7 Å². The maximum Gasteiger partial charge on any atom is 0.287 e. The second-order valence-corrected chi connectivity index (χ2v) is 7.02. The number of nitrogens with zero attached hydrogens (tertiary/aromatic N) is 1. The predicted molar refractivity (Wildman–Crippen MR) is 112 cm³/mol. The van der Waals surface area contributed by atoms with E-state index < -0.39 is 5.91 Å². The zero-order chi connectivity index (χ0) is 21.5. The molecule has 0 saturated carbocycles. The Bertz CT molecular complexity index is 1020. The molecule has 0 aliphatic heterocycles. The second kappa shape index (κ2) is 9.91. The number of hydrogen-bond donors (Lipinski definition) is 3. The number of benzene rings is 1. The van der Waals surface area contributed by atoms with E-state index in [2.05, 4.69) is 5.32 Å². The highest BCUT2D eigenvalue weighted by molar-refractivity contribution is 5.99. The van der Waals surface area contributed by atoms with Gasteiger partial charge in [0.25, 0.3) is 11.8 Å². The summed E-state index contributed by atoms with van der Waals surface area (Å²) in [7, 11) is 3.88. The van der Waals surface area contributed by atoms with Crippen LogP contribution in [0.5, 0.6) is 0 Å². The molecule has 0 fully saturated rings. The van der Waals surface area contributed by atoms with Crippen molar-refractivity contribution < 1.29 is 24.0 Å². The summed E-state index contributed by atoms with van der Waals surface area (Å²) in [6.07, 6.45) is 7.18. The van der Waals surface area contributed by atoms with Gasteiger partial charge < -0.3 is 19.4 Å². The predicted octanol–water partition coefficient (Wildman–Crippen LogP) is 2.52. The number of carbonyl (C=O) groups excluding carboxylic acids is 2. The molecular formula is C22H25N3O5. The summed E-state index contributed by atoms with van der Waals surface area (Å²) in [5.74, 6) is 0.0220. The van der Waals surface area contributed by atoms with Crippen molar-refractivity contribution in [1.82, 2.24) is 15.7 Å². The molecule has 1 aliphatic rings. The van der Waals surface area contributed by atoms with Crippen LogP contribution in [0.3, 0.4) is 0 Å². The third-order valence-corrected chi connectivity index (χ3v) is 4.48. The van der Waals surface area contributed by atoms with Gasteiger partial charge in [0.1, 0.15) is 17.9 Å². The van der Waals surface area contributed by atoms with Gasteiger partial charge in [-0.25, -0.2) is 5.48 Å². The third-order valence-electron chi connectivity index (χ3n) is 4.48. The van der Waals surface area contributed by atoms with E-state index >= 15 is 0 Å². The monoisotopic (exact) mass is 411 g/mol. The summed E-state index contributed by atoms with van der Waals surface area (Å²) < 4.78 is 11.5. The molecule has 0 unspecified atom stereocenters. The molecule has 30 heavy (non-hydrogen) atoms. The third kappa shape index (κ3) is 5.16. The van der Waals surface area contributed by atoms with Crippen LogP contribution in [0, 0.1) is 0 Å². The number of ether oxygens (including phenoxy) is 1. The lowest BCUT2D eigenvalue weighted by Crippen LogP contribution is -2.28. The smallest absolute Gasteiger partial charge is 0.287 e. The maximum atomic E-state index is 12.7. The van der Waals surface area contributed by atoms with Gasteiger partial charge in [-0.2, -0.15) is 0 Å². The van der Waals surface area contributed by atoms with Crippen LogP contribution in [0.1, 0.15) is 22.5 Å². The molecule has 0 spiro atoms. The molecule has 2 amide bonds. The Morgan fingerprint density at radius 1 is 1.17 bits per heavy atom. The first-order valence-electron chi connectivity index (χ1n) is 9.58. The minimum atomic E-state index is -0.576. The number of hydrogen-bond acceptors (Lipinski definition) is 6. The molecular weight excluding hydrogens is 386 g/mol. The molecule has 8 heteroatoms. The minimum Gasteiger partial charge on any atom is -0.492 e. The number of amides is 2. The average Bonchev–Trinajstić information content (AvgIpc) is 2.93. The van der Waals surface area contributed by atoms with Gasteiger partial charge in [-0.3, -0.25) is 14.8 Å². The van der Waals surface area contributed by atoms with E-state index in [0.29, 0.717) is 42.2 Å². The highest BCUT2D eigenvalue weighted by Gasteiger charge is 2.20. The largest absolute Gasteiger partial charge is 0.492 e. The van der Waals surface area contributed by atoms with E-state index in [4.69, 9.17) is 14.4 Å². The number of rotatable bonds is 8. The average molecular weight is 411 g/mol. The Kier molecular flexibility index (Phi) is 7.05. The van der Waals surface area contributed by atoms with Crippen molar-refractivity contribution >= 4 is 22.8 Å². The van der Waals surface area contributed by atoms with Crippen LogP contribution in [0.2, 0.25) is 0 Å². The Balaban J connectivity index is 1.57. The molecule has 1 aromatic carbocycles. The summed E-state index contributed by atoms with van der Waals surface area (Å²) in [4.78, 5) is 26.1. The molecule has 3 rings (SSSR count). The van der Waals surface area contributed by atoms with Crippen molar-refractivity contribution in [2.75, 3.05) is 27.2 Å². The SMILES string of the molecule is CN(C)Cc1c(C(=O)NCCOC2=CCC=C(C(=O)NO)C=C2)oc2ccccc12. The van der Waals surface area contributed by atoms with Crippen LogP contribution >= 0.6 is 0 Å².